The second kappa shape index (κ2) is 4.40. The Bertz CT molecular complexity index is 210. The first-order valence-corrected chi connectivity index (χ1v) is 4.85. The monoisotopic (exact) mass is 184 g/mol. The van der Waals surface area contributed by atoms with Crippen LogP contribution in [0.1, 0.15) is 39.0 Å². The summed E-state index contributed by atoms with van der Waals surface area (Å²) in [5, 5.41) is 8.51. The lowest BCUT2D eigenvalue weighted by atomic mass is 9.77. The van der Waals surface area contributed by atoms with Gasteiger partial charge in [-0.3, -0.25) is 9.59 Å². The minimum absolute atomic E-state index is 0.0769. The fourth-order valence-electron chi connectivity index (χ4n) is 1.98. The molecule has 1 aliphatic carbocycles. The molecule has 0 saturated heterocycles. The summed E-state index contributed by atoms with van der Waals surface area (Å²) in [7, 11) is 0. The lowest BCUT2D eigenvalue weighted by molar-refractivity contribution is -0.138. The first kappa shape index (κ1) is 10.2. The van der Waals surface area contributed by atoms with Crippen molar-refractivity contribution in [2.24, 2.45) is 11.8 Å². The van der Waals surface area contributed by atoms with Crippen LogP contribution in [0.2, 0.25) is 0 Å². The molecule has 0 amide bonds. The van der Waals surface area contributed by atoms with E-state index in [2.05, 4.69) is 0 Å². The predicted molar refractivity (Wildman–Crippen MR) is 48.4 cm³/mol. The Morgan fingerprint density at radius 2 is 2.31 bits per heavy atom. The summed E-state index contributed by atoms with van der Waals surface area (Å²) in [6.45, 7) is 1.92. The molecule has 1 fully saturated rings. The molecule has 1 N–H and O–H groups in total. The van der Waals surface area contributed by atoms with Crippen LogP contribution in [0, 0.1) is 11.8 Å². The van der Waals surface area contributed by atoms with Crippen LogP contribution in [-0.2, 0) is 9.59 Å². The van der Waals surface area contributed by atoms with Crippen molar-refractivity contribution in [3.8, 4) is 0 Å². The molecule has 1 saturated carbocycles. The van der Waals surface area contributed by atoms with Crippen molar-refractivity contribution >= 4 is 11.8 Å². The molecule has 0 heterocycles. The maximum atomic E-state index is 11.3. The number of hydrogen-bond donors (Lipinski definition) is 1. The van der Waals surface area contributed by atoms with Crippen LogP contribution in [0.3, 0.4) is 0 Å². The summed E-state index contributed by atoms with van der Waals surface area (Å²) in [5.74, 6) is -0.0719. The van der Waals surface area contributed by atoms with Crippen molar-refractivity contribution in [2.75, 3.05) is 0 Å². The van der Waals surface area contributed by atoms with Gasteiger partial charge >= 0.3 is 5.97 Å². The van der Waals surface area contributed by atoms with Crippen LogP contribution in [0.25, 0.3) is 0 Å². The third kappa shape index (κ3) is 2.83. The molecule has 3 nitrogen and oxygen atoms in total. The van der Waals surface area contributed by atoms with E-state index in [9.17, 15) is 9.59 Å². The fourth-order valence-corrected chi connectivity index (χ4v) is 1.98. The van der Waals surface area contributed by atoms with Gasteiger partial charge in [0, 0.05) is 18.8 Å². The molecule has 74 valence electrons. The lowest BCUT2D eigenvalue weighted by Crippen LogP contribution is -2.26. The molecule has 2 unspecified atom stereocenters. The molecule has 2 atom stereocenters. The maximum Gasteiger partial charge on any atom is 0.303 e. The van der Waals surface area contributed by atoms with Gasteiger partial charge in [0.05, 0.1) is 0 Å². The number of carbonyl (C=O) groups is 2. The number of Topliss-reactive ketones (excluding diaryl/α,β-unsaturated/α-hetero) is 1. The summed E-state index contributed by atoms with van der Waals surface area (Å²) in [6.07, 6.45) is 3.49. The molecular weight excluding hydrogens is 168 g/mol. The Morgan fingerprint density at radius 1 is 1.62 bits per heavy atom. The Hall–Kier alpha value is -0.860. The fraction of sp³-hybridized carbons (Fsp3) is 0.800. The van der Waals surface area contributed by atoms with Gasteiger partial charge < -0.3 is 5.11 Å². The van der Waals surface area contributed by atoms with Gasteiger partial charge in [0.1, 0.15) is 5.78 Å². The summed E-state index contributed by atoms with van der Waals surface area (Å²) in [6, 6.07) is 0. The van der Waals surface area contributed by atoms with E-state index in [0.717, 1.165) is 12.8 Å². The van der Waals surface area contributed by atoms with E-state index in [1.807, 2.05) is 6.92 Å². The molecule has 0 aromatic carbocycles. The van der Waals surface area contributed by atoms with Gasteiger partial charge in [0.25, 0.3) is 0 Å². The summed E-state index contributed by atoms with van der Waals surface area (Å²) < 4.78 is 0. The number of carbonyl (C=O) groups excluding carboxylic acids is 1. The van der Waals surface area contributed by atoms with Crippen molar-refractivity contribution in [2.45, 2.75) is 39.0 Å². The molecule has 0 bridgehead atoms. The molecule has 1 aliphatic rings. The normalized spacial score (nSPS) is 28.8. The van der Waals surface area contributed by atoms with Crippen LogP contribution < -0.4 is 0 Å². The Kier molecular flexibility index (Phi) is 3.46. The average Bonchev–Trinajstić information content (AvgIpc) is 2.07. The van der Waals surface area contributed by atoms with Crippen molar-refractivity contribution < 1.29 is 14.7 Å². The third-order valence-corrected chi connectivity index (χ3v) is 2.94. The highest BCUT2D eigenvalue weighted by atomic mass is 16.4. The lowest BCUT2D eigenvalue weighted by Gasteiger charge is -2.26. The smallest absolute Gasteiger partial charge is 0.303 e. The van der Waals surface area contributed by atoms with E-state index in [1.165, 1.54) is 0 Å². The standard InChI is InChI=1S/C10H16O3/c1-7-8(5-6-10(12)13)3-2-4-9(7)11/h7-8H,2-6H2,1H3,(H,12,13). The number of hydrogen-bond acceptors (Lipinski definition) is 2. The van der Waals surface area contributed by atoms with Gasteiger partial charge in [0.15, 0.2) is 0 Å². The van der Waals surface area contributed by atoms with Crippen LogP contribution in [-0.4, -0.2) is 16.9 Å². The second-order valence-electron chi connectivity index (χ2n) is 3.84. The topological polar surface area (TPSA) is 54.4 Å². The Morgan fingerprint density at radius 3 is 2.92 bits per heavy atom. The number of aliphatic carboxylic acids is 1. The van der Waals surface area contributed by atoms with Crippen molar-refractivity contribution in [3.05, 3.63) is 0 Å². The maximum absolute atomic E-state index is 11.3. The van der Waals surface area contributed by atoms with Gasteiger partial charge in [0.2, 0.25) is 0 Å². The first-order valence-electron chi connectivity index (χ1n) is 4.85. The SMILES string of the molecule is CC1C(=O)CCCC1CCC(=O)O. The summed E-state index contributed by atoms with van der Waals surface area (Å²) in [5.41, 5.74) is 0. The predicted octanol–water partition coefficient (Wildman–Crippen LogP) is 1.86. The van der Waals surface area contributed by atoms with E-state index >= 15 is 0 Å². The first-order chi connectivity index (χ1) is 6.11. The molecule has 1 rings (SSSR count). The zero-order valence-corrected chi connectivity index (χ0v) is 7.95. The van der Waals surface area contributed by atoms with Gasteiger partial charge in [-0.2, -0.15) is 0 Å². The Labute approximate surface area is 78.1 Å². The zero-order valence-electron chi connectivity index (χ0n) is 7.95. The number of carboxylic acids is 1. The molecular formula is C10H16O3. The quantitative estimate of drug-likeness (QED) is 0.728. The highest BCUT2D eigenvalue weighted by molar-refractivity contribution is 5.81. The zero-order chi connectivity index (χ0) is 9.84. The number of rotatable bonds is 3. The average molecular weight is 184 g/mol. The third-order valence-electron chi connectivity index (χ3n) is 2.94. The molecule has 0 spiro atoms. The van der Waals surface area contributed by atoms with Gasteiger partial charge in [-0.05, 0) is 25.2 Å². The summed E-state index contributed by atoms with van der Waals surface area (Å²) >= 11 is 0. The number of carboxylic acid groups (broad SMARTS) is 1. The van der Waals surface area contributed by atoms with Gasteiger partial charge in [-0.15, -0.1) is 0 Å². The highest BCUT2D eigenvalue weighted by Gasteiger charge is 2.27. The molecule has 0 radical (unpaired) electrons. The van der Waals surface area contributed by atoms with Gasteiger partial charge in [-0.25, -0.2) is 0 Å². The minimum atomic E-state index is -0.759. The van der Waals surface area contributed by atoms with E-state index in [-0.39, 0.29) is 12.3 Å². The van der Waals surface area contributed by atoms with E-state index in [0.29, 0.717) is 24.5 Å². The largest absolute Gasteiger partial charge is 0.481 e. The van der Waals surface area contributed by atoms with Crippen LogP contribution >= 0.6 is 0 Å². The second-order valence-corrected chi connectivity index (χ2v) is 3.84. The van der Waals surface area contributed by atoms with E-state index < -0.39 is 5.97 Å². The van der Waals surface area contributed by atoms with Crippen LogP contribution in [0.4, 0.5) is 0 Å². The molecule has 0 aliphatic heterocycles. The molecule has 0 aromatic heterocycles. The van der Waals surface area contributed by atoms with Crippen molar-refractivity contribution in [3.63, 3.8) is 0 Å². The molecule has 13 heavy (non-hydrogen) atoms. The minimum Gasteiger partial charge on any atom is -0.481 e. The van der Waals surface area contributed by atoms with E-state index in [4.69, 9.17) is 5.11 Å². The summed E-state index contributed by atoms with van der Waals surface area (Å²) in [4.78, 5) is 21.6. The number of ketones is 1. The van der Waals surface area contributed by atoms with Crippen molar-refractivity contribution in [1.82, 2.24) is 0 Å². The van der Waals surface area contributed by atoms with Crippen molar-refractivity contribution in [1.29, 1.82) is 0 Å². The van der Waals surface area contributed by atoms with E-state index in [1.54, 1.807) is 0 Å². The van der Waals surface area contributed by atoms with Crippen LogP contribution in [0.15, 0.2) is 0 Å². The van der Waals surface area contributed by atoms with Crippen LogP contribution in [0.5, 0.6) is 0 Å². The molecule has 0 aromatic rings. The van der Waals surface area contributed by atoms with Gasteiger partial charge in [-0.1, -0.05) is 6.92 Å². The highest BCUT2D eigenvalue weighted by Crippen LogP contribution is 2.30. The molecule has 3 heteroatoms. The Balaban J connectivity index is 2.39.